The van der Waals surface area contributed by atoms with Crippen molar-refractivity contribution in [3.63, 3.8) is 0 Å². The standard InChI is InChI=1S/C14H17N3O3/c1-3-14(4-2,13(19)20)16-12(18)10-9-15-17-8-6-5-7-11(10)17/h5-9H,3-4H2,1-2H3,(H,16,18)(H,19,20). The van der Waals surface area contributed by atoms with Gasteiger partial charge >= 0.3 is 5.97 Å². The molecule has 2 rings (SSSR count). The second-order valence-corrected chi connectivity index (χ2v) is 4.64. The van der Waals surface area contributed by atoms with Gasteiger partial charge in [-0.3, -0.25) is 4.79 Å². The lowest BCUT2D eigenvalue weighted by Crippen LogP contribution is -2.53. The molecule has 0 aromatic carbocycles. The van der Waals surface area contributed by atoms with Crippen LogP contribution in [0.15, 0.2) is 30.6 Å². The molecule has 1 amide bonds. The van der Waals surface area contributed by atoms with E-state index in [1.807, 2.05) is 0 Å². The van der Waals surface area contributed by atoms with Crippen LogP contribution in [0.1, 0.15) is 37.0 Å². The normalized spacial score (nSPS) is 11.5. The number of amides is 1. The van der Waals surface area contributed by atoms with Gasteiger partial charge in [0, 0.05) is 6.20 Å². The van der Waals surface area contributed by atoms with Gasteiger partial charge < -0.3 is 10.4 Å². The van der Waals surface area contributed by atoms with Crippen LogP contribution in [0.2, 0.25) is 0 Å². The first-order valence-corrected chi connectivity index (χ1v) is 6.52. The monoisotopic (exact) mass is 275 g/mol. The van der Waals surface area contributed by atoms with E-state index in [-0.39, 0.29) is 0 Å². The van der Waals surface area contributed by atoms with Crippen LogP contribution in [0.3, 0.4) is 0 Å². The average molecular weight is 275 g/mol. The van der Waals surface area contributed by atoms with Crippen LogP contribution in [0, 0.1) is 0 Å². The van der Waals surface area contributed by atoms with Crippen molar-refractivity contribution in [1.82, 2.24) is 14.9 Å². The predicted octanol–water partition coefficient (Wildman–Crippen LogP) is 1.71. The van der Waals surface area contributed by atoms with Crippen molar-refractivity contribution in [2.45, 2.75) is 32.2 Å². The SMILES string of the molecule is CCC(CC)(NC(=O)c1cnn2ccccc12)C(=O)O. The minimum atomic E-state index is -1.24. The predicted molar refractivity (Wildman–Crippen MR) is 73.6 cm³/mol. The first-order valence-electron chi connectivity index (χ1n) is 6.52. The number of rotatable bonds is 5. The Morgan fingerprint density at radius 1 is 1.35 bits per heavy atom. The van der Waals surface area contributed by atoms with Gasteiger partial charge in [0.2, 0.25) is 0 Å². The van der Waals surface area contributed by atoms with Crippen LogP contribution in [-0.4, -0.2) is 32.1 Å². The van der Waals surface area contributed by atoms with Crippen LogP contribution >= 0.6 is 0 Å². The highest BCUT2D eigenvalue weighted by molar-refractivity contribution is 6.02. The fraction of sp³-hybridized carbons (Fsp3) is 0.357. The number of carboxylic acid groups (broad SMARTS) is 1. The summed E-state index contributed by atoms with van der Waals surface area (Å²) in [6.07, 6.45) is 3.83. The van der Waals surface area contributed by atoms with Crippen molar-refractivity contribution in [3.05, 3.63) is 36.2 Å². The molecule has 106 valence electrons. The molecule has 0 radical (unpaired) electrons. The molecule has 2 heterocycles. The molecule has 6 nitrogen and oxygen atoms in total. The van der Waals surface area contributed by atoms with Gasteiger partial charge in [-0.2, -0.15) is 5.10 Å². The Morgan fingerprint density at radius 3 is 2.65 bits per heavy atom. The van der Waals surface area contributed by atoms with Gasteiger partial charge in [-0.15, -0.1) is 0 Å². The van der Waals surface area contributed by atoms with Crippen LogP contribution in [0.5, 0.6) is 0 Å². The fourth-order valence-corrected chi connectivity index (χ4v) is 2.18. The number of carbonyl (C=O) groups is 2. The maximum Gasteiger partial charge on any atom is 0.329 e. The van der Waals surface area contributed by atoms with Crippen LogP contribution in [-0.2, 0) is 4.79 Å². The molecule has 0 aliphatic heterocycles. The van der Waals surface area contributed by atoms with Gasteiger partial charge in [0.1, 0.15) is 5.54 Å². The van der Waals surface area contributed by atoms with Crippen molar-refractivity contribution in [2.24, 2.45) is 0 Å². The van der Waals surface area contributed by atoms with E-state index >= 15 is 0 Å². The van der Waals surface area contributed by atoms with Gasteiger partial charge in [0.15, 0.2) is 0 Å². The van der Waals surface area contributed by atoms with Gasteiger partial charge in [-0.1, -0.05) is 19.9 Å². The topological polar surface area (TPSA) is 83.7 Å². The van der Waals surface area contributed by atoms with Crippen LogP contribution in [0.4, 0.5) is 0 Å². The van der Waals surface area contributed by atoms with Crippen LogP contribution < -0.4 is 5.32 Å². The number of aromatic nitrogens is 2. The summed E-state index contributed by atoms with van der Waals surface area (Å²) in [5, 5.41) is 16.1. The molecule has 0 saturated heterocycles. The van der Waals surface area contributed by atoms with Gasteiger partial charge in [-0.05, 0) is 25.0 Å². The quantitative estimate of drug-likeness (QED) is 0.870. The number of carbonyl (C=O) groups excluding carboxylic acids is 1. The molecule has 2 aromatic rings. The number of fused-ring (bicyclic) bond motifs is 1. The largest absolute Gasteiger partial charge is 0.480 e. The second kappa shape index (κ2) is 5.32. The molecule has 0 atom stereocenters. The van der Waals surface area contributed by atoms with E-state index in [1.54, 1.807) is 42.8 Å². The summed E-state index contributed by atoms with van der Waals surface area (Å²) >= 11 is 0. The van der Waals surface area contributed by atoms with E-state index in [1.165, 1.54) is 6.20 Å². The third kappa shape index (κ3) is 2.24. The maximum absolute atomic E-state index is 12.3. The summed E-state index contributed by atoms with van der Waals surface area (Å²) in [5.41, 5.74) is -0.213. The minimum Gasteiger partial charge on any atom is -0.480 e. The number of hydrogen-bond donors (Lipinski definition) is 2. The highest BCUT2D eigenvalue weighted by atomic mass is 16.4. The van der Waals surface area contributed by atoms with Crippen molar-refractivity contribution < 1.29 is 14.7 Å². The van der Waals surface area contributed by atoms with Crippen molar-refractivity contribution >= 4 is 17.4 Å². The Bertz CT molecular complexity index is 644. The second-order valence-electron chi connectivity index (χ2n) is 4.64. The lowest BCUT2D eigenvalue weighted by atomic mass is 9.92. The van der Waals surface area contributed by atoms with E-state index in [0.29, 0.717) is 23.9 Å². The third-order valence-electron chi connectivity index (χ3n) is 3.64. The highest BCUT2D eigenvalue weighted by Crippen LogP contribution is 2.18. The van der Waals surface area contributed by atoms with E-state index in [9.17, 15) is 14.7 Å². The van der Waals surface area contributed by atoms with Gasteiger partial charge in [-0.25, -0.2) is 9.31 Å². The number of aliphatic carboxylic acids is 1. The van der Waals surface area contributed by atoms with Crippen molar-refractivity contribution in [3.8, 4) is 0 Å². The van der Waals surface area contributed by atoms with Crippen molar-refractivity contribution in [2.75, 3.05) is 0 Å². The van der Waals surface area contributed by atoms with Crippen LogP contribution in [0.25, 0.3) is 5.52 Å². The number of pyridine rings is 1. The highest BCUT2D eigenvalue weighted by Gasteiger charge is 2.37. The lowest BCUT2D eigenvalue weighted by molar-refractivity contribution is -0.144. The molecule has 0 fully saturated rings. The summed E-state index contributed by atoms with van der Waals surface area (Å²) in [6, 6.07) is 5.38. The number of nitrogens with zero attached hydrogens (tertiary/aromatic N) is 2. The molecular formula is C14H17N3O3. The van der Waals surface area contributed by atoms with Crippen molar-refractivity contribution in [1.29, 1.82) is 0 Å². The summed E-state index contributed by atoms with van der Waals surface area (Å²) in [6.45, 7) is 3.49. The van der Waals surface area contributed by atoms with E-state index in [4.69, 9.17) is 0 Å². The minimum absolute atomic E-state index is 0.323. The summed E-state index contributed by atoms with van der Waals surface area (Å²) in [7, 11) is 0. The molecule has 20 heavy (non-hydrogen) atoms. The first-order chi connectivity index (χ1) is 9.54. The maximum atomic E-state index is 12.3. The summed E-state index contributed by atoms with van der Waals surface area (Å²) in [4.78, 5) is 23.7. The molecule has 0 spiro atoms. The zero-order valence-corrected chi connectivity index (χ0v) is 11.5. The molecule has 0 bridgehead atoms. The molecule has 6 heteroatoms. The van der Waals surface area contributed by atoms with Gasteiger partial charge in [0.05, 0.1) is 17.3 Å². The summed E-state index contributed by atoms with van der Waals surface area (Å²) in [5.74, 6) is -1.44. The Labute approximate surface area is 116 Å². The fourth-order valence-electron chi connectivity index (χ4n) is 2.18. The number of carboxylic acids is 1. The Balaban J connectivity index is 2.34. The smallest absolute Gasteiger partial charge is 0.329 e. The Kier molecular flexibility index (Phi) is 3.74. The van der Waals surface area contributed by atoms with Gasteiger partial charge in [0.25, 0.3) is 5.91 Å². The molecule has 2 N–H and O–H groups in total. The molecule has 0 unspecified atom stereocenters. The molecular weight excluding hydrogens is 258 g/mol. The number of nitrogens with one attached hydrogen (secondary N) is 1. The zero-order chi connectivity index (χ0) is 14.8. The third-order valence-corrected chi connectivity index (χ3v) is 3.64. The lowest BCUT2D eigenvalue weighted by Gasteiger charge is -2.27. The summed E-state index contributed by atoms with van der Waals surface area (Å²) < 4.78 is 1.58. The first kappa shape index (κ1) is 14.0. The molecule has 2 aromatic heterocycles. The molecule has 0 saturated carbocycles. The molecule has 0 aliphatic carbocycles. The van der Waals surface area contributed by atoms with E-state index < -0.39 is 17.4 Å². The van der Waals surface area contributed by atoms with E-state index in [0.717, 1.165) is 0 Å². The average Bonchev–Trinajstić information content (AvgIpc) is 2.88. The Morgan fingerprint density at radius 2 is 2.05 bits per heavy atom. The Hall–Kier alpha value is -2.37. The zero-order valence-electron chi connectivity index (χ0n) is 11.5. The number of hydrogen-bond acceptors (Lipinski definition) is 3. The molecule has 0 aliphatic rings. The van der Waals surface area contributed by atoms with E-state index in [2.05, 4.69) is 10.4 Å².